The average molecular weight is 346 g/mol. The van der Waals surface area contributed by atoms with Gasteiger partial charge in [0.2, 0.25) is 5.13 Å². The zero-order valence-corrected chi connectivity index (χ0v) is 12.9. The van der Waals surface area contributed by atoms with E-state index in [0.717, 1.165) is 15.2 Å². The SMILES string of the molecule is COC(C)c1nsc(NCc2ccc(F)cc2Br)n1. The van der Waals surface area contributed by atoms with Crippen molar-refractivity contribution in [2.24, 2.45) is 0 Å². The fraction of sp³-hybridized carbons (Fsp3) is 0.333. The average Bonchev–Trinajstić information content (AvgIpc) is 2.85. The Morgan fingerprint density at radius 3 is 3.00 bits per heavy atom. The summed E-state index contributed by atoms with van der Waals surface area (Å²) in [7, 11) is 1.62. The summed E-state index contributed by atoms with van der Waals surface area (Å²) < 4.78 is 23.0. The molecule has 0 saturated heterocycles. The van der Waals surface area contributed by atoms with Crippen LogP contribution in [0.3, 0.4) is 0 Å². The van der Waals surface area contributed by atoms with Gasteiger partial charge < -0.3 is 10.1 Å². The van der Waals surface area contributed by atoms with Gasteiger partial charge in [0.1, 0.15) is 11.9 Å². The van der Waals surface area contributed by atoms with E-state index in [-0.39, 0.29) is 11.9 Å². The Morgan fingerprint density at radius 1 is 1.53 bits per heavy atom. The molecule has 1 heterocycles. The molecule has 0 spiro atoms. The van der Waals surface area contributed by atoms with E-state index < -0.39 is 0 Å². The zero-order chi connectivity index (χ0) is 13.8. The standard InChI is InChI=1S/C12H13BrFN3OS/c1-7(18-2)11-16-12(19-17-11)15-6-8-3-4-9(14)5-10(8)13/h3-5,7H,6H2,1-2H3,(H,15,16,17). The van der Waals surface area contributed by atoms with Crippen molar-refractivity contribution in [1.82, 2.24) is 9.36 Å². The first-order valence-corrected chi connectivity index (χ1v) is 7.21. The van der Waals surface area contributed by atoms with E-state index in [1.165, 1.54) is 23.7 Å². The minimum absolute atomic E-state index is 0.121. The zero-order valence-electron chi connectivity index (χ0n) is 10.5. The molecule has 1 aromatic heterocycles. The Balaban J connectivity index is 2.00. The third-order valence-electron chi connectivity index (χ3n) is 2.60. The molecule has 0 bridgehead atoms. The summed E-state index contributed by atoms with van der Waals surface area (Å²) in [6.07, 6.45) is -0.121. The number of halogens is 2. The number of hydrogen-bond donors (Lipinski definition) is 1. The Hall–Kier alpha value is -1.05. The molecule has 0 aliphatic carbocycles. The number of nitrogens with zero attached hydrogens (tertiary/aromatic N) is 2. The van der Waals surface area contributed by atoms with Gasteiger partial charge in [0, 0.05) is 29.7 Å². The van der Waals surface area contributed by atoms with E-state index in [0.29, 0.717) is 12.4 Å². The fourth-order valence-corrected chi connectivity index (χ4v) is 2.54. The highest BCUT2D eigenvalue weighted by Crippen LogP contribution is 2.22. The van der Waals surface area contributed by atoms with Crippen LogP contribution >= 0.6 is 27.5 Å². The second-order valence-corrected chi connectivity index (χ2v) is 5.53. The molecule has 1 aromatic carbocycles. The summed E-state index contributed by atoms with van der Waals surface area (Å²) in [5.41, 5.74) is 0.956. The Labute approximate surface area is 123 Å². The lowest BCUT2D eigenvalue weighted by molar-refractivity contribution is 0.113. The molecule has 0 saturated carbocycles. The third-order valence-corrected chi connectivity index (χ3v) is 4.03. The van der Waals surface area contributed by atoms with Gasteiger partial charge in [0.15, 0.2) is 5.82 Å². The van der Waals surface area contributed by atoms with Crippen molar-refractivity contribution < 1.29 is 9.13 Å². The molecule has 7 heteroatoms. The predicted molar refractivity (Wildman–Crippen MR) is 76.8 cm³/mol. The maximum atomic E-state index is 13.0. The minimum atomic E-state index is -0.261. The first kappa shape index (κ1) is 14.4. The highest BCUT2D eigenvalue weighted by Gasteiger charge is 2.11. The molecular weight excluding hydrogens is 333 g/mol. The van der Waals surface area contributed by atoms with Crippen LogP contribution in [0.1, 0.15) is 24.4 Å². The molecule has 2 aromatic rings. The van der Waals surface area contributed by atoms with Gasteiger partial charge in [0.25, 0.3) is 0 Å². The molecule has 0 aliphatic rings. The van der Waals surface area contributed by atoms with E-state index in [4.69, 9.17) is 4.74 Å². The van der Waals surface area contributed by atoms with Crippen LogP contribution in [0.4, 0.5) is 9.52 Å². The number of benzene rings is 1. The molecule has 0 fully saturated rings. The van der Waals surface area contributed by atoms with Crippen LogP contribution in [0.15, 0.2) is 22.7 Å². The molecule has 1 N–H and O–H groups in total. The van der Waals surface area contributed by atoms with Crippen LogP contribution in [-0.2, 0) is 11.3 Å². The monoisotopic (exact) mass is 345 g/mol. The first-order chi connectivity index (χ1) is 9.10. The van der Waals surface area contributed by atoms with Crippen LogP contribution in [0, 0.1) is 5.82 Å². The van der Waals surface area contributed by atoms with Crippen LogP contribution in [-0.4, -0.2) is 16.5 Å². The Bertz CT molecular complexity index is 564. The number of nitrogens with one attached hydrogen (secondary N) is 1. The van der Waals surface area contributed by atoms with E-state index in [9.17, 15) is 4.39 Å². The third kappa shape index (κ3) is 3.71. The fourth-order valence-electron chi connectivity index (χ4n) is 1.41. The van der Waals surface area contributed by atoms with E-state index in [1.807, 2.05) is 6.92 Å². The molecule has 0 amide bonds. The molecule has 0 radical (unpaired) electrons. The number of rotatable bonds is 5. The first-order valence-electron chi connectivity index (χ1n) is 5.64. The normalized spacial score (nSPS) is 12.4. The highest BCUT2D eigenvalue weighted by atomic mass is 79.9. The quantitative estimate of drug-likeness (QED) is 0.896. The van der Waals surface area contributed by atoms with Crippen molar-refractivity contribution in [3.8, 4) is 0 Å². The van der Waals surface area contributed by atoms with Gasteiger partial charge >= 0.3 is 0 Å². The second-order valence-electron chi connectivity index (χ2n) is 3.92. The summed E-state index contributed by atoms with van der Waals surface area (Å²) in [5.74, 6) is 0.399. The summed E-state index contributed by atoms with van der Waals surface area (Å²) in [4.78, 5) is 4.33. The van der Waals surface area contributed by atoms with Crippen molar-refractivity contribution in [3.63, 3.8) is 0 Å². The highest BCUT2D eigenvalue weighted by molar-refractivity contribution is 9.10. The summed E-state index contributed by atoms with van der Waals surface area (Å²) in [6, 6.07) is 4.60. The van der Waals surface area contributed by atoms with Crippen LogP contribution < -0.4 is 5.32 Å². The van der Waals surface area contributed by atoms with Crippen LogP contribution in [0.5, 0.6) is 0 Å². The molecule has 0 aliphatic heterocycles. The van der Waals surface area contributed by atoms with Gasteiger partial charge in [-0.2, -0.15) is 4.37 Å². The number of aromatic nitrogens is 2. The predicted octanol–water partition coefficient (Wildman–Crippen LogP) is 3.76. The van der Waals surface area contributed by atoms with Gasteiger partial charge in [-0.05, 0) is 24.6 Å². The number of anilines is 1. The van der Waals surface area contributed by atoms with E-state index >= 15 is 0 Å². The summed E-state index contributed by atoms with van der Waals surface area (Å²) >= 11 is 4.61. The van der Waals surface area contributed by atoms with Crippen molar-refractivity contribution in [2.45, 2.75) is 19.6 Å². The number of ether oxygens (including phenoxy) is 1. The summed E-state index contributed by atoms with van der Waals surface area (Å²) in [6.45, 7) is 2.44. The maximum absolute atomic E-state index is 13.0. The van der Waals surface area contributed by atoms with Crippen molar-refractivity contribution in [3.05, 3.63) is 39.9 Å². The minimum Gasteiger partial charge on any atom is -0.374 e. The molecule has 2 rings (SSSR count). The summed E-state index contributed by atoms with van der Waals surface area (Å²) in [5, 5.41) is 3.88. The van der Waals surface area contributed by atoms with Crippen molar-refractivity contribution in [2.75, 3.05) is 12.4 Å². The number of methoxy groups -OCH3 is 1. The maximum Gasteiger partial charge on any atom is 0.202 e. The van der Waals surface area contributed by atoms with Crippen LogP contribution in [0.25, 0.3) is 0 Å². The van der Waals surface area contributed by atoms with Crippen molar-refractivity contribution in [1.29, 1.82) is 0 Å². The largest absolute Gasteiger partial charge is 0.374 e. The number of hydrogen-bond acceptors (Lipinski definition) is 5. The molecule has 4 nitrogen and oxygen atoms in total. The molecule has 1 atom stereocenters. The lowest BCUT2D eigenvalue weighted by Crippen LogP contribution is -2.02. The lowest BCUT2D eigenvalue weighted by atomic mass is 10.2. The van der Waals surface area contributed by atoms with Gasteiger partial charge in [-0.1, -0.05) is 22.0 Å². The molecule has 102 valence electrons. The second kappa shape index (κ2) is 6.40. The van der Waals surface area contributed by atoms with Crippen molar-refractivity contribution >= 4 is 32.6 Å². The van der Waals surface area contributed by atoms with Gasteiger partial charge in [-0.15, -0.1) is 0 Å². The molecular formula is C12H13BrFN3OS. The van der Waals surface area contributed by atoms with E-state index in [1.54, 1.807) is 13.2 Å². The van der Waals surface area contributed by atoms with Gasteiger partial charge in [0.05, 0.1) is 0 Å². The lowest BCUT2D eigenvalue weighted by Gasteiger charge is -2.05. The Kier molecular flexibility index (Phi) is 4.84. The van der Waals surface area contributed by atoms with Crippen LogP contribution in [0.2, 0.25) is 0 Å². The Morgan fingerprint density at radius 2 is 2.32 bits per heavy atom. The topological polar surface area (TPSA) is 47.0 Å². The van der Waals surface area contributed by atoms with Gasteiger partial charge in [-0.3, -0.25) is 0 Å². The molecule has 19 heavy (non-hydrogen) atoms. The van der Waals surface area contributed by atoms with Gasteiger partial charge in [-0.25, -0.2) is 9.37 Å². The smallest absolute Gasteiger partial charge is 0.202 e. The molecule has 1 unspecified atom stereocenters. The van der Waals surface area contributed by atoms with E-state index in [2.05, 4.69) is 30.6 Å².